The third kappa shape index (κ3) is 3.00. The maximum absolute atomic E-state index is 13.6. The number of aromatic carboxylic acids is 1. The Morgan fingerprint density at radius 2 is 2.08 bits per heavy atom. The van der Waals surface area contributed by atoms with Crippen LogP contribution in [0.2, 0.25) is 0 Å². The molecule has 0 saturated carbocycles. The number of carbonyl (C=O) groups is 1. The Balaban J connectivity index is 1.79. The molecule has 7 nitrogen and oxygen atoms in total. The van der Waals surface area contributed by atoms with Crippen molar-refractivity contribution in [2.24, 2.45) is 7.05 Å². The lowest BCUT2D eigenvalue weighted by atomic mass is 10.1. The standard InChI is InChI=1S/C15H13F2N5O2/c1-21-7-10(14(19-21)15(23)24)12-8-22(20-18-12)6-5-9-3-2-4-11(16)13(9)17/h2-4,7-8H,5-6H2,1H3,(H,23,24). The summed E-state index contributed by atoms with van der Waals surface area (Å²) in [5, 5.41) is 20.8. The number of carboxylic acid groups (broad SMARTS) is 1. The zero-order chi connectivity index (χ0) is 17.3. The molecule has 2 aromatic heterocycles. The van der Waals surface area contributed by atoms with Crippen LogP contribution in [0.1, 0.15) is 16.1 Å². The Kier molecular flexibility index (Phi) is 4.07. The summed E-state index contributed by atoms with van der Waals surface area (Å²) >= 11 is 0. The predicted molar refractivity (Wildman–Crippen MR) is 79.2 cm³/mol. The Bertz CT molecular complexity index is 903. The van der Waals surface area contributed by atoms with Gasteiger partial charge in [-0.05, 0) is 18.1 Å². The molecule has 0 spiro atoms. The Morgan fingerprint density at radius 3 is 2.83 bits per heavy atom. The summed E-state index contributed by atoms with van der Waals surface area (Å²) in [6.07, 6.45) is 3.30. The summed E-state index contributed by atoms with van der Waals surface area (Å²) < 4.78 is 29.6. The van der Waals surface area contributed by atoms with E-state index in [1.807, 2.05) is 0 Å². The average Bonchev–Trinajstić information content (AvgIpc) is 3.15. The highest BCUT2D eigenvalue weighted by Crippen LogP contribution is 2.20. The molecule has 9 heteroatoms. The number of benzene rings is 1. The van der Waals surface area contributed by atoms with Gasteiger partial charge in [-0.2, -0.15) is 5.10 Å². The second-order valence-electron chi connectivity index (χ2n) is 5.20. The third-order valence-corrected chi connectivity index (χ3v) is 3.49. The quantitative estimate of drug-likeness (QED) is 0.771. The molecule has 3 aromatic rings. The number of hydrogen-bond acceptors (Lipinski definition) is 4. The van der Waals surface area contributed by atoms with Gasteiger partial charge in [0.15, 0.2) is 17.3 Å². The van der Waals surface area contributed by atoms with E-state index in [4.69, 9.17) is 5.11 Å². The van der Waals surface area contributed by atoms with Crippen LogP contribution in [0.15, 0.2) is 30.6 Å². The molecule has 2 heterocycles. The van der Waals surface area contributed by atoms with Crippen molar-refractivity contribution in [3.05, 3.63) is 53.5 Å². The molecule has 0 unspecified atom stereocenters. The zero-order valence-corrected chi connectivity index (χ0v) is 12.6. The molecular weight excluding hydrogens is 320 g/mol. The second-order valence-corrected chi connectivity index (χ2v) is 5.20. The number of aryl methyl sites for hydroxylation is 3. The molecule has 0 saturated heterocycles. The van der Waals surface area contributed by atoms with Crippen LogP contribution in [0.3, 0.4) is 0 Å². The van der Waals surface area contributed by atoms with Crippen molar-refractivity contribution in [2.45, 2.75) is 13.0 Å². The molecule has 0 aliphatic rings. The predicted octanol–water partition coefficient (Wildman–Crippen LogP) is 1.90. The molecule has 24 heavy (non-hydrogen) atoms. The van der Waals surface area contributed by atoms with Crippen molar-refractivity contribution in [3.63, 3.8) is 0 Å². The number of nitrogens with zero attached hydrogens (tertiary/aromatic N) is 5. The van der Waals surface area contributed by atoms with E-state index < -0.39 is 17.6 Å². The minimum Gasteiger partial charge on any atom is -0.476 e. The first kappa shape index (κ1) is 15.8. The highest BCUT2D eigenvalue weighted by Gasteiger charge is 2.19. The highest BCUT2D eigenvalue weighted by molar-refractivity contribution is 5.93. The summed E-state index contributed by atoms with van der Waals surface area (Å²) in [5.41, 5.74) is 0.800. The van der Waals surface area contributed by atoms with E-state index in [-0.39, 0.29) is 24.2 Å². The van der Waals surface area contributed by atoms with Crippen molar-refractivity contribution < 1.29 is 18.7 Å². The fraction of sp³-hybridized carbons (Fsp3) is 0.200. The Morgan fingerprint density at radius 1 is 1.29 bits per heavy atom. The maximum Gasteiger partial charge on any atom is 0.357 e. The maximum atomic E-state index is 13.6. The van der Waals surface area contributed by atoms with E-state index in [1.165, 1.54) is 27.7 Å². The van der Waals surface area contributed by atoms with Crippen molar-refractivity contribution in [1.29, 1.82) is 0 Å². The smallest absolute Gasteiger partial charge is 0.357 e. The molecular formula is C15H13F2N5O2. The fourth-order valence-corrected chi connectivity index (χ4v) is 2.34. The molecule has 0 radical (unpaired) electrons. The first-order valence-corrected chi connectivity index (χ1v) is 7.06. The monoisotopic (exact) mass is 333 g/mol. The minimum absolute atomic E-state index is 0.124. The van der Waals surface area contributed by atoms with Gasteiger partial charge in [-0.25, -0.2) is 13.6 Å². The van der Waals surface area contributed by atoms with E-state index in [1.54, 1.807) is 13.2 Å². The molecule has 3 rings (SSSR count). The van der Waals surface area contributed by atoms with Crippen LogP contribution >= 0.6 is 0 Å². The van der Waals surface area contributed by atoms with Gasteiger partial charge in [-0.3, -0.25) is 9.36 Å². The van der Waals surface area contributed by atoms with Crippen LogP contribution in [0, 0.1) is 11.6 Å². The number of carboxylic acids is 1. The molecule has 1 aromatic carbocycles. The van der Waals surface area contributed by atoms with E-state index in [2.05, 4.69) is 15.4 Å². The topological polar surface area (TPSA) is 85.8 Å². The van der Waals surface area contributed by atoms with Gasteiger partial charge in [0.2, 0.25) is 0 Å². The van der Waals surface area contributed by atoms with E-state index in [0.29, 0.717) is 11.3 Å². The van der Waals surface area contributed by atoms with Crippen molar-refractivity contribution >= 4 is 5.97 Å². The average molecular weight is 333 g/mol. The molecule has 0 atom stereocenters. The van der Waals surface area contributed by atoms with Crippen LogP contribution in [-0.4, -0.2) is 35.9 Å². The molecule has 0 aliphatic carbocycles. The molecule has 0 aliphatic heterocycles. The summed E-state index contributed by atoms with van der Waals surface area (Å²) in [6, 6.07) is 4.00. The van der Waals surface area contributed by atoms with Gasteiger partial charge in [0.1, 0.15) is 5.69 Å². The van der Waals surface area contributed by atoms with Crippen LogP contribution in [-0.2, 0) is 20.0 Å². The van der Waals surface area contributed by atoms with Crippen molar-refractivity contribution in [3.8, 4) is 11.3 Å². The number of hydrogen-bond donors (Lipinski definition) is 1. The molecule has 0 amide bonds. The summed E-state index contributed by atoms with van der Waals surface area (Å²) in [7, 11) is 1.60. The Hall–Kier alpha value is -3.10. The second kappa shape index (κ2) is 6.19. The molecule has 124 valence electrons. The largest absolute Gasteiger partial charge is 0.476 e. The zero-order valence-electron chi connectivity index (χ0n) is 12.6. The summed E-state index contributed by atoms with van der Waals surface area (Å²) in [6.45, 7) is 0.274. The van der Waals surface area contributed by atoms with Gasteiger partial charge in [0.05, 0.1) is 11.8 Å². The van der Waals surface area contributed by atoms with Gasteiger partial charge in [-0.1, -0.05) is 17.3 Å². The number of halogens is 2. The van der Waals surface area contributed by atoms with Gasteiger partial charge < -0.3 is 5.11 Å². The van der Waals surface area contributed by atoms with E-state index in [9.17, 15) is 13.6 Å². The van der Waals surface area contributed by atoms with E-state index in [0.717, 1.165) is 6.07 Å². The number of aromatic nitrogens is 5. The van der Waals surface area contributed by atoms with Gasteiger partial charge in [0, 0.05) is 19.8 Å². The van der Waals surface area contributed by atoms with E-state index >= 15 is 0 Å². The van der Waals surface area contributed by atoms with Gasteiger partial charge >= 0.3 is 5.97 Å². The minimum atomic E-state index is -1.16. The Labute approximate surface area is 135 Å². The molecule has 1 N–H and O–H groups in total. The van der Waals surface area contributed by atoms with Crippen LogP contribution in [0.5, 0.6) is 0 Å². The van der Waals surface area contributed by atoms with Gasteiger partial charge in [0.25, 0.3) is 0 Å². The van der Waals surface area contributed by atoms with Crippen LogP contribution in [0.25, 0.3) is 11.3 Å². The fourth-order valence-electron chi connectivity index (χ4n) is 2.34. The highest BCUT2D eigenvalue weighted by atomic mass is 19.2. The van der Waals surface area contributed by atoms with Crippen LogP contribution in [0.4, 0.5) is 8.78 Å². The van der Waals surface area contributed by atoms with Gasteiger partial charge in [-0.15, -0.1) is 5.10 Å². The van der Waals surface area contributed by atoms with Crippen LogP contribution < -0.4 is 0 Å². The first-order chi connectivity index (χ1) is 11.5. The van der Waals surface area contributed by atoms with Crippen molar-refractivity contribution in [1.82, 2.24) is 24.8 Å². The normalized spacial score (nSPS) is 11.0. The lowest BCUT2D eigenvalue weighted by Gasteiger charge is -2.03. The first-order valence-electron chi connectivity index (χ1n) is 7.06. The van der Waals surface area contributed by atoms with Crippen molar-refractivity contribution in [2.75, 3.05) is 0 Å². The molecule has 0 bridgehead atoms. The summed E-state index contributed by atoms with van der Waals surface area (Å²) in [4.78, 5) is 11.2. The summed E-state index contributed by atoms with van der Waals surface area (Å²) in [5.74, 6) is -2.94. The lowest BCUT2D eigenvalue weighted by Crippen LogP contribution is -2.04. The molecule has 0 fully saturated rings. The number of rotatable bonds is 5. The third-order valence-electron chi connectivity index (χ3n) is 3.49. The SMILES string of the molecule is Cn1cc(-c2cn(CCc3cccc(F)c3F)nn2)c(C(=O)O)n1. The lowest BCUT2D eigenvalue weighted by molar-refractivity contribution is 0.0690.